The number of piperidine rings is 1. The van der Waals surface area contributed by atoms with E-state index in [-0.39, 0.29) is 17.2 Å². The molecule has 2 aliphatic heterocycles. The van der Waals surface area contributed by atoms with E-state index in [2.05, 4.69) is 37.4 Å². The van der Waals surface area contributed by atoms with Crippen molar-refractivity contribution in [3.8, 4) is 11.4 Å². The van der Waals surface area contributed by atoms with Crippen molar-refractivity contribution >= 4 is 22.5 Å². The highest BCUT2D eigenvalue weighted by Gasteiger charge is 2.36. The van der Waals surface area contributed by atoms with E-state index in [0.29, 0.717) is 11.5 Å². The van der Waals surface area contributed by atoms with Crippen LogP contribution in [0, 0.1) is 11.3 Å². The predicted molar refractivity (Wildman–Crippen MR) is 116 cm³/mol. The number of hydrogen-bond donors (Lipinski definition) is 1. The lowest BCUT2D eigenvalue weighted by Crippen LogP contribution is -2.51. The molecule has 2 saturated heterocycles. The first-order chi connectivity index (χ1) is 15.0. The van der Waals surface area contributed by atoms with E-state index in [9.17, 15) is 4.79 Å². The number of hydrogen-bond acceptors (Lipinski definition) is 7. The van der Waals surface area contributed by atoms with Crippen molar-refractivity contribution in [1.82, 2.24) is 29.9 Å². The first-order valence-corrected chi connectivity index (χ1v) is 10.7. The molecule has 0 aromatic carbocycles. The molecular weight excluding hydrogens is 394 g/mol. The molecule has 0 unspecified atom stereocenters. The second-order valence-corrected chi connectivity index (χ2v) is 9.11. The normalized spacial score (nSPS) is 19.3. The molecule has 2 aliphatic rings. The predicted octanol–water partition coefficient (Wildman–Crippen LogP) is 2.11. The van der Waals surface area contributed by atoms with Gasteiger partial charge in [-0.3, -0.25) is 14.5 Å². The summed E-state index contributed by atoms with van der Waals surface area (Å²) in [5.74, 6) is 0.634. The van der Waals surface area contributed by atoms with Gasteiger partial charge in [0.1, 0.15) is 11.5 Å². The molecule has 1 amide bonds. The lowest BCUT2D eigenvalue weighted by atomic mass is 9.86. The molecule has 0 radical (unpaired) electrons. The molecule has 3 aromatic rings. The zero-order valence-corrected chi connectivity index (χ0v) is 17.9. The van der Waals surface area contributed by atoms with Crippen molar-refractivity contribution in [2.24, 2.45) is 18.4 Å². The molecule has 162 valence electrons. The van der Waals surface area contributed by atoms with Crippen molar-refractivity contribution in [2.75, 3.05) is 38.2 Å². The van der Waals surface area contributed by atoms with Crippen LogP contribution in [0.5, 0.6) is 0 Å². The third-order valence-electron chi connectivity index (χ3n) is 6.18. The van der Waals surface area contributed by atoms with Crippen LogP contribution >= 0.6 is 0 Å². The maximum atomic E-state index is 12.8. The molecule has 0 atom stereocenters. The topological polar surface area (TPSA) is 98.1 Å². The lowest BCUT2D eigenvalue weighted by Gasteiger charge is -2.43. The van der Waals surface area contributed by atoms with E-state index in [1.54, 1.807) is 17.1 Å². The molecule has 0 aliphatic carbocycles. The summed E-state index contributed by atoms with van der Waals surface area (Å²) in [6.07, 6.45) is 7.07. The summed E-state index contributed by atoms with van der Waals surface area (Å²) >= 11 is 0. The third kappa shape index (κ3) is 4.28. The Morgan fingerprint density at radius 2 is 1.94 bits per heavy atom. The van der Waals surface area contributed by atoms with Crippen LogP contribution in [-0.4, -0.2) is 68.6 Å². The summed E-state index contributed by atoms with van der Waals surface area (Å²) in [7, 11) is 1.82. The lowest BCUT2D eigenvalue weighted by molar-refractivity contribution is -0.125. The van der Waals surface area contributed by atoms with Crippen LogP contribution in [-0.2, 0) is 16.6 Å². The number of fused-ring (bicyclic) bond motifs is 1. The largest absolute Gasteiger partial charge is 0.380 e. The van der Waals surface area contributed by atoms with Crippen molar-refractivity contribution in [1.29, 1.82) is 0 Å². The number of nitrogens with one attached hydrogen (secondary N) is 1. The summed E-state index contributed by atoms with van der Waals surface area (Å²) in [6, 6.07) is 3.83. The van der Waals surface area contributed by atoms with Gasteiger partial charge in [0.05, 0.1) is 25.1 Å². The number of likely N-dealkylation sites (tertiary alicyclic amines) is 1. The van der Waals surface area contributed by atoms with Gasteiger partial charge in [-0.1, -0.05) is 12.1 Å². The smallest absolute Gasteiger partial charge is 0.228 e. The average molecular weight is 422 g/mol. The molecule has 5 rings (SSSR count). The molecule has 5 heterocycles. The van der Waals surface area contributed by atoms with E-state index in [1.165, 1.54) is 0 Å². The summed E-state index contributed by atoms with van der Waals surface area (Å²) in [5, 5.41) is 13.0. The van der Waals surface area contributed by atoms with Gasteiger partial charge in [0, 0.05) is 42.7 Å². The Balaban J connectivity index is 1.23. The van der Waals surface area contributed by atoms with Crippen LogP contribution in [0.15, 0.2) is 30.7 Å². The number of anilines is 1. The fraction of sp³-hybridized carbons (Fsp3) is 0.500. The van der Waals surface area contributed by atoms with Crippen molar-refractivity contribution < 1.29 is 9.53 Å². The van der Waals surface area contributed by atoms with Gasteiger partial charge < -0.3 is 15.0 Å². The maximum Gasteiger partial charge on any atom is 0.228 e. The molecule has 9 nitrogen and oxygen atoms in total. The van der Waals surface area contributed by atoms with E-state index >= 15 is 0 Å². The summed E-state index contributed by atoms with van der Waals surface area (Å²) in [4.78, 5) is 24.1. The molecule has 0 bridgehead atoms. The summed E-state index contributed by atoms with van der Waals surface area (Å²) in [5.41, 5.74) is 1.73. The highest BCUT2D eigenvalue weighted by atomic mass is 16.5. The van der Waals surface area contributed by atoms with Crippen molar-refractivity contribution in [2.45, 2.75) is 19.8 Å². The molecule has 9 heteroatoms. The second kappa shape index (κ2) is 7.97. The second-order valence-electron chi connectivity index (χ2n) is 9.11. The van der Waals surface area contributed by atoms with Gasteiger partial charge in [0.25, 0.3) is 0 Å². The minimum Gasteiger partial charge on any atom is -0.380 e. The summed E-state index contributed by atoms with van der Waals surface area (Å²) < 4.78 is 7.00. The molecule has 3 aromatic heterocycles. The van der Waals surface area contributed by atoms with Crippen LogP contribution in [0.2, 0.25) is 0 Å². The zero-order valence-electron chi connectivity index (χ0n) is 17.9. The molecule has 0 spiro atoms. The number of carbonyl (C=O) groups excluding carboxylic acids is 1. The fourth-order valence-electron chi connectivity index (χ4n) is 4.37. The molecule has 1 N–H and O–H groups in total. The minimum absolute atomic E-state index is 0.0202. The number of nitrogens with zero attached hydrogens (tertiary/aromatic N) is 6. The van der Waals surface area contributed by atoms with E-state index in [4.69, 9.17) is 4.74 Å². The van der Waals surface area contributed by atoms with Crippen LogP contribution in [0.25, 0.3) is 22.2 Å². The van der Waals surface area contributed by atoms with Gasteiger partial charge in [-0.15, -0.1) is 5.10 Å². The third-order valence-corrected chi connectivity index (χ3v) is 6.18. The Labute approximate surface area is 180 Å². The van der Waals surface area contributed by atoms with Gasteiger partial charge in [-0.2, -0.15) is 0 Å². The zero-order chi connectivity index (χ0) is 21.4. The van der Waals surface area contributed by atoms with Gasteiger partial charge in [-0.25, -0.2) is 4.98 Å². The van der Waals surface area contributed by atoms with Gasteiger partial charge in [0.15, 0.2) is 0 Å². The maximum absolute atomic E-state index is 12.8. The number of pyridine rings is 2. The van der Waals surface area contributed by atoms with E-state index < -0.39 is 0 Å². The van der Waals surface area contributed by atoms with Crippen LogP contribution < -0.4 is 5.32 Å². The first-order valence-electron chi connectivity index (χ1n) is 10.7. The minimum atomic E-state index is 0.0202. The average Bonchev–Trinajstić information content (AvgIpc) is 3.19. The van der Waals surface area contributed by atoms with Crippen LogP contribution in [0.3, 0.4) is 0 Å². The molecule has 2 fully saturated rings. The molecule has 31 heavy (non-hydrogen) atoms. The van der Waals surface area contributed by atoms with Crippen LogP contribution in [0.4, 0.5) is 5.82 Å². The number of ether oxygens (including phenoxy) is 1. The number of amides is 1. The SMILES string of the molecule is Cn1cc(-c2cc3cc(NC(=O)C4CCN(CC5(C)COC5)CC4)ncc3cn2)nn1. The van der Waals surface area contributed by atoms with E-state index in [1.807, 2.05) is 25.4 Å². The Kier molecular flexibility index (Phi) is 5.15. The number of aromatic nitrogens is 5. The molecule has 0 saturated carbocycles. The number of carbonyl (C=O) groups is 1. The quantitative estimate of drug-likeness (QED) is 0.674. The highest BCUT2D eigenvalue weighted by Crippen LogP contribution is 2.30. The van der Waals surface area contributed by atoms with Crippen LogP contribution in [0.1, 0.15) is 19.8 Å². The Bertz CT molecular complexity index is 1100. The van der Waals surface area contributed by atoms with Gasteiger partial charge in [-0.05, 0) is 43.5 Å². The number of aryl methyl sites for hydroxylation is 1. The monoisotopic (exact) mass is 421 g/mol. The Hall–Kier alpha value is -2.91. The first kappa shape index (κ1) is 20.0. The summed E-state index contributed by atoms with van der Waals surface area (Å²) in [6.45, 7) is 6.91. The Morgan fingerprint density at radius 1 is 1.16 bits per heavy atom. The Morgan fingerprint density at radius 3 is 2.61 bits per heavy atom. The number of rotatable bonds is 5. The van der Waals surface area contributed by atoms with Gasteiger partial charge >= 0.3 is 0 Å². The molecular formula is C22H27N7O2. The fourth-order valence-corrected chi connectivity index (χ4v) is 4.37. The van der Waals surface area contributed by atoms with Crippen molar-refractivity contribution in [3.05, 3.63) is 30.7 Å². The van der Waals surface area contributed by atoms with Gasteiger partial charge in [0.2, 0.25) is 5.91 Å². The van der Waals surface area contributed by atoms with Crippen molar-refractivity contribution in [3.63, 3.8) is 0 Å². The van der Waals surface area contributed by atoms with E-state index in [0.717, 1.165) is 62.2 Å². The highest BCUT2D eigenvalue weighted by molar-refractivity contribution is 5.94. The standard InChI is InChI=1S/C22H27N7O2/c1-22(13-31-14-22)12-29-5-3-15(4-6-29)21(30)25-20-8-16-7-18(19-11-28(2)27-26-19)23-9-17(16)10-24-20/h7-11,15H,3-6,12-14H2,1-2H3,(H,24,25,30).